The minimum absolute atomic E-state index is 0.221. The van der Waals surface area contributed by atoms with E-state index in [4.69, 9.17) is 4.42 Å². The average molecular weight is 275 g/mol. The van der Waals surface area contributed by atoms with E-state index in [-0.39, 0.29) is 11.3 Å². The van der Waals surface area contributed by atoms with E-state index in [0.717, 1.165) is 11.9 Å². The van der Waals surface area contributed by atoms with Crippen molar-refractivity contribution in [3.05, 3.63) is 34.3 Å². The van der Waals surface area contributed by atoms with E-state index in [1.165, 1.54) is 5.56 Å². The molecular weight excluding hydrogens is 250 g/mol. The molecule has 1 heterocycles. The molecule has 0 spiro atoms. The Bertz CT molecular complexity index is 663. The summed E-state index contributed by atoms with van der Waals surface area (Å²) in [6.45, 7) is 12.8. The molecule has 0 bridgehead atoms. The van der Waals surface area contributed by atoms with Crippen LogP contribution < -0.4 is 5.76 Å². The number of benzene rings is 1. The van der Waals surface area contributed by atoms with Crippen molar-refractivity contribution in [3.8, 4) is 0 Å². The summed E-state index contributed by atoms with van der Waals surface area (Å²) >= 11 is 0. The third-order valence-corrected chi connectivity index (χ3v) is 4.74. The SMILES string of the molecule is CCC(C)(C(C)C)n1c(=O)oc2cc(C(C)C)ccc21. The van der Waals surface area contributed by atoms with Gasteiger partial charge < -0.3 is 4.42 Å². The molecule has 0 amide bonds. The summed E-state index contributed by atoms with van der Waals surface area (Å²) in [5.74, 6) is 0.533. The highest BCUT2D eigenvalue weighted by Gasteiger charge is 2.32. The lowest BCUT2D eigenvalue weighted by Gasteiger charge is -2.33. The van der Waals surface area contributed by atoms with E-state index in [1.807, 2.05) is 16.7 Å². The summed E-state index contributed by atoms with van der Waals surface area (Å²) < 4.78 is 7.33. The lowest BCUT2D eigenvalue weighted by atomic mass is 9.85. The molecular formula is C17H25NO2. The molecule has 1 unspecified atom stereocenters. The van der Waals surface area contributed by atoms with Crippen LogP contribution in [0.1, 0.15) is 59.4 Å². The van der Waals surface area contributed by atoms with Gasteiger partial charge in [0.25, 0.3) is 0 Å². The van der Waals surface area contributed by atoms with Crippen LogP contribution in [0.3, 0.4) is 0 Å². The highest BCUT2D eigenvalue weighted by Crippen LogP contribution is 2.32. The molecule has 0 N–H and O–H groups in total. The Kier molecular flexibility index (Phi) is 3.81. The Balaban J connectivity index is 2.72. The summed E-state index contributed by atoms with van der Waals surface area (Å²) in [4.78, 5) is 12.3. The van der Waals surface area contributed by atoms with Crippen molar-refractivity contribution in [2.24, 2.45) is 5.92 Å². The maximum Gasteiger partial charge on any atom is 0.420 e. The number of rotatable bonds is 4. The molecule has 0 saturated carbocycles. The van der Waals surface area contributed by atoms with Crippen molar-refractivity contribution in [1.82, 2.24) is 4.57 Å². The smallest absolute Gasteiger partial charge is 0.408 e. The van der Waals surface area contributed by atoms with Crippen LogP contribution in [0, 0.1) is 5.92 Å². The van der Waals surface area contributed by atoms with Gasteiger partial charge in [-0.1, -0.05) is 40.7 Å². The summed E-state index contributed by atoms with van der Waals surface area (Å²) in [6.07, 6.45) is 0.894. The first kappa shape index (κ1) is 14.9. The summed E-state index contributed by atoms with van der Waals surface area (Å²) in [5, 5.41) is 0. The standard InChI is InChI=1S/C17H25NO2/c1-7-17(6,12(4)5)18-14-9-8-13(11(2)3)10-15(14)20-16(18)19/h8-12H,7H2,1-6H3. The Morgan fingerprint density at radius 3 is 2.40 bits per heavy atom. The largest absolute Gasteiger partial charge is 0.420 e. The third-order valence-electron chi connectivity index (χ3n) is 4.74. The van der Waals surface area contributed by atoms with Crippen molar-refractivity contribution in [3.63, 3.8) is 0 Å². The van der Waals surface area contributed by atoms with Gasteiger partial charge in [0.2, 0.25) is 0 Å². The van der Waals surface area contributed by atoms with Gasteiger partial charge in [0.05, 0.1) is 11.1 Å². The molecule has 0 aliphatic heterocycles. The van der Waals surface area contributed by atoms with E-state index in [9.17, 15) is 4.79 Å². The lowest BCUT2D eigenvalue weighted by Crippen LogP contribution is -2.40. The Morgan fingerprint density at radius 2 is 1.90 bits per heavy atom. The van der Waals surface area contributed by atoms with Crippen molar-refractivity contribution in [2.45, 2.75) is 59.4 Å². The number of oxazole rings is 1. The summed E-state index contributed by atoms with van der Waals surface area (Å²) in [5.41, 5.74) is 2.57. The van der Waals surface area contributed by atoms with E-state index in [2.05, 4.69) is 47.6 Å². The third kappa shape index (κ3) is 2.19. The van der Waals surface area contributed by atoms with Gasteiger partial charge >= 0.3 is 5.76 Å². The van der Waals surface area contributed by atoms with Gasteiger partial charge in [-0.3, -0.25) is 4.57 Å². The first-order valence-electron chi connectivity index (χ1n) is 7.47. The van der Waals surface area contributed by atoms with Gasteiger partial charge in [0, 0.05) is 0 Å². The van der Waals surface area contributed by atoms with Crippen molar-refractivity contribution >= 4 is 11.1 Å². The molecule has 0 radical (unpaired) electrons. The Morgan fingerprint density at radius 1 is 1.25 bits per heavy atom. The minimum Gasteiger partial charge on any atom is -0.408 e. The predicted octanol–water partition coefficient (Wildman–Crippen LogP) is 4.50. The fraction of sp³-hybridized carbons (Fsp3) is 0.588. The van der Waals surface area contributed by atoms with Crippen LogP contribution in [0.25, 0.3) is 11.1 Å². The second-order valence-corrected chi connectivity index (χ2v) is 6.45. The first-order valence-corrected chi connectivity index (χ1v) is 7.47. The minimum atomic E-state index is -0.251. The van der Waals surface area contributed by atoms with Crippen LogP contribution in [0.5, 0.6) is 0 Å². The Labute approximate surface area is 120 Å². The fourth-order valence-electron chi connectivity index (χ4n) is 2.70. The molecule has 0 saturated heterocycles. The normalized spacial score (nSPS) is 15.2. The monoisotopic (exact) mass is 275 g/mol. The number of hydrogen-bond acceptors (Lipinski definition) is 2. The van der Waals surface area contributed by atoms with Gasteiger partial charge in [-0.15, -0.1) is 0 Å². The van der Waals surface area contributed by atoms with E-state index in [1.54, 1.807) is 0 Å². The van der Waals surface area contributed by atoms with Crippen molar-refractivity contribution in [2.75, 3.05) is 0 Å². The molecule has 1 aromatic heterocycles. The maximum atomic E-state index is 12.3. The summed E-state index contributed by atoms with van der Waals surface area (Å²) in [7, 11) is 0. The molecule has 0 fully saturated rings. The summed E-state index contributed by atoms with van der Waals surface area (Å²) in [6, 6.07) is 6.11. The molecule has 110 valence electrons. The molecule has 1 aromatic carbocycles. The molecule has 3 nitrogen and oxygen atoms in total. The quantitative estimate of drug-likeness (QED) is 0.823. The number of hydrogen-bond donors (Lipinski definition) is 0. The van der Waals surface area contributed by atoms with Gasteiger partial charge in [-0.05, 0) is 42.9 Å². The molecule has 3 heteroatoms. The van der Waals surface area contributed by atoms with Gasteiger partial charge in [0.1, 0.15) is 0 Å². The topological polar surface area (TPSA) is 35.1 Å². The fourth-order valence-corrected chi connectivity index (χ4v) is 2.70. The van der Waals surface area contributed by atoms with E-state index in [0.29, 0.717) is 17.4 Å². The van der Waals surface area contributed by atoms with Gasteiger partial charge in [-0.25, -0.2) is 4.79 Å². The van der Waals surface area contributed by atoms with E-state index < -0.39 is 0 Å². The van der Waals surface area contributed by atoms with Crippen LogP contribution in [0.4, 0.5) is 0 Å². The Hall–Kier alpha value is -1.51. The zero-order valence-electron chi connectivity index (χ0n) is 13.4. The molecule has 0 aliphatic rings. The van der Waals surface area contributed by atoms with Crippen LogP contribution in [-0.2, 0) is 5.54 Å². The molecule has 1 atom stereocenters. The lowest BCUT2D eigenvalue weighted by molar-refractivity contribution is 0.203. The predicted molar refractivity (Wildman–Crippen MR) is 83.3 cm³/mol. The van der Waals surface area contributed by atoms with Crippen LogP contribution in [0.2, 0.25) is 0 Å². The van der Waals surface area contributed by atoms with Gasteiger partial charge in [0.15, 0.2) is 5.58 Å². The zero-order chi connectivity index (χ0) is 15.1. The van der Waals surface area contributed by atoms with Crippen molar-refractivity contribution in [1.29, 1.82) is 0 Å². The molecule has 2 aromatic rings. The molecule has 20 heavy (non-hydrogen) atoms. The highest BCUT2D eigenvalue weighted by molar-refractivity contribution is 5.74. The molecule has 0 aliphatic carbocycles. The second-order valence-electron chi connectivity index (χ2n) is 6.45. The van der Waals surface area contributed by atoms with Crippen molar-refractivity contribution < 1.29 is 4.42 Å². The number of aromatic nitrogens is 1. The zero-order valence-corrected chi connectivity index (χ0v) is 13.4. The first-order chi connectivity index (χ1) is 9.31. The van der Waals surface area contributed by atoms with Crippen LogP contribution in [-0.4, -0.2) is 4.57 Å². The van der Waals surface area contributed by atoms with Gasteiger partial charge in [-0.2, -0.15) is 0 Å². The molecule has 2 rings (SSSR count). The number of fused-ring (bicyclic) bond motifs is 1. The van der Waals surface area contributed by atoms with Crippen LogP contribution >= 0.6 is 0 Å². The second kappa shape index (κ2) is 5.12. The maximum absolute atomic E-state index is 12.3. The highest BCUT2D eigenvalue weighted by atomic mass is 16.4. The average Bonchev–Trinajstić information content (AvgIpc) is 2.72. The number of nitrogens with zero attached hydrogens (tertiary/aromatic N) is 1. The van der Waals surface area contributed by atoms with E-state index >= 15 is 0 Å². The van der Waals surface area contributed by atoms with Crippen LogP contribution in [0.15, 0.2) is 27.4 Å².